The normalized spacial score (nSPS) is 15.9. The van der Waals surface area contributed by atoms with Crippen LogP contribution in [0.3, 0.4) is 0 Å². The lowest BCUT2D eigenvalue weighted by Crippen LogP contribution is -2.27. The maximum Gasteiger partial charge on any atom is 0.0469 e. The molecule has 1 aliphatic rings. The highest BCUT2D eigenvalue weighted by atomic mass is 35.5. The van der Waals surface area contributed by atoms with Crippen LogP contribution in [0.1, 0.15) is 25.3 Å². The summed E-state index contributed by atoms with van der Waals surface area (Å²) in [7, 11) is 2.06. The van der Waals surface area contributed by atoms with Crippen LogP contribution in [0, 0.1) is 0 Å². The molecule has 1 N–H and O–H groups in total. The van der Waals surface area contributed by atoms with E-state index in [1.54, 1.807) is 0 Å². The van der Waals surface area contributed by atoms with Gasteiger partial charge in [0.1, 0.15) is 0 Å². The quantitative estimate of drug-likeness (QED) is 0.809. The molecule has 1 aromatic rings. The Kier molecular flexibility index (Phi) is 5.25. The number of halogens is 1. The van der Waals surface area contributed by atoms with Gasteiger partial charge in [0.05, 0.1) is 0 Å². The van der Waals surface area contributed by atoms with Gasteiger partial charge in [-0.3, -0.25) is 0 Å². The fourth-order valence-corrected chi connectivity index (χ4v) is 2.41. The molecule has 104 valence electrons. The van der Waals surface area contributed by atoms with Crippen LogP contribution in [0.15, 0.2) is 30.0 Å². The van der Waals surface area contributed by atoms with E-state index in [0.717, 1.165) is 37.6 Å². The summed E-state index contributed by atoms with van der Waals surface area (Å²) in [5.74, 6) is 0. The Morgan fingerprint density at radius 2 is 2.05 bits per heavy atom. The summed E-state index contributed by atoms with van der Waals surface area (Å²) in [6.45, 7) is 4.56. The van der Waals surface area contributed by atoms with Gasteiger partial charge in [-0.05, 0) is 43.0 Å². The molecule has 1 aliphatic heterocycles. The van der Waals surface area contributed by atoms with Crippen molar-refractivity contribution < 1.29 is 4.74 Å². The molecule has 0 amide bonds. The monoisotopic (exact) mass is 280 g/mol. The topological polar surface area (TPSA) is 24.5 Å². The van der Waals surface area contributed by atoms with Crippen molar-refractivity contribution in [3.63, 3.8) is 0 Å². The molecule has 1 aromatic carbocycles. The Morgan fingerprint density at radius 3 is 2.74 bits per heavy atom. The van der Waals surface area contributed by atoms with Gasteiger partial charge in [-0.25, -0.2) is 5.01 Å². The first kappa shape index (κ1) is 14.4. The number of ether oxygens (including phenoxy) is 1. The number of likely N-dealkylation sites (N-methyl/N-ethyl adjacent to an activating group) is 1. The number of nitrogens with one attached hydrogen (secondary N) is 1. The molecule has 0 aliphatic carbocycles. The minimum absolute atomic E-state index is 0.779. The first-order valence-corrected chi connectivity index (χ1v) is 7.12. The van der Waals surface area contributed by atoms with Gasteiger partial charge in [0.15, 0.2) is 0 Å². The van der Waals surface area contributed by atoms with Crippen LogP contribution in [-0.2, 0) is 4.74 Å². The summed E-state index contributed by atoms with van der Waals surface area (Å²) in [4.78, 5) is 0. The van der Waals surface area contributed by atoms with Crippen LogP contribution in [0.2, 0.25) is 5.02 Å². The molecule has 4 heteroatoms. The molecule has 0 saturated carbocycles. The highest BCUT2D eigenvalue weighted by Crippen LogP contribution is 2.26. The third kappa shape index (κ3) is 3.96. The molecule has 0 radical (unpaired) electrons. The van der Waals surface area contributed by atoms with Crippen LogP contribution in [0.5, 0.6) is 0 Å². The molecule has 0 spiro atoms. The van der Waals surface area contributed by atoms with E-state index in [-0.39, 0.29) is 0 Å². The van der Waals surface area contributed by atoms with Crippen LogP contribution in [0.4, 0.5) is 0 Å². The average molecular weight is 281 g/mol. The van der Waals surface area contributed by atoms with Crippen molar-refractivity contribution in [2.75, 3.05) is 26.8 Å². The third-order valence-electron chi connectivity index (χ3n) is 3.20. The third-order valence-corrected chi connectivity index (χ3v) is 3.45. The molecule has 0 unspecified atom stereocenters. The van der Waals surface area contributed by atoms with E-state index in [1.807, 2.05) is 19.1 Å². The van der Waals surface area contributed by atoms with Gasteiger partial charge in [0, 0.05) is 37.5 Å². The van der Waals surface area contributed by atoms with Crippen LogP contribution in [0.25, 0.3) is 5.57 Å². The lowest BCUT2D eigenvalue weighted by Gasteiger charge is -2.11. The molecule has 3 nitrogen and oxygen atoms in total. The van der Waals surface area contributed by atoms with Gasteiger partial charge >= 0.3 is 0 Å². The number of rotatable bonds is 6. The van der Waals surface area contributed by atoms with E-state index in [4.69, 9.17) is 16.3 Å². The zero-order valence-electron chi connectivity index (χ0n) is 11.6. The predicted molar refractivity (Wildman–Crippen MR) is 79.9 cm³/mol. The lowest BCUT2D eigenvalue weighted by molar-refractivity contribution is 0.144. The standard InChI is InChI=1S/C15H21ClN2O/c1-3-19-10-4-5-15-14(11-18(2)17-15)12-6-8-13(16)9-7-12/h6-9,17H,3-5,10-11H2,1-2H3. The van der Waals surface area contributed by atoms with Gasteiger partial charge in [0.25, 0.3) is 0 Å². The summed E-state index contributed by atoms with van der Waals surface area (Å²) in [6.07, 6.45) is 2.06. The molecule has 0 atom stereocenters. The van der Waals surface area contributed by atoms with Gasteiger partial charge in [-0.15, -0.1) is 0 Å². The molecule has 0 saturated heterocycles. The maximum atomic E-state index is 5.94. The minimum Gasteiger partial charge on any atom is -0.382 e. The fraction of sp³-hybridized carbons (Fsp3) is 0.467. The number of hydrogen-bond acceptors (Lipinski definition) is 3. The molecule has 0 fully saturated rings. The van der Waals surface area contributed by atoms with Crippen LogP contribution in [-0.4, -0.2) is 31.8 Å². The van der Waals surface area contributed by atoms with Crippen molar-refractivity contribution >= 4 is 17.2 Å². The van der Waals surface area contributed by atoms with E-state index >= 15 is 0 Å². The molecular weight excluding hydrogens is 260 g/mol. The predicted octanol–water partition coefficient (Wildman–Crippen LogP) is 3.32. The van der Waals surface area contributed by atoms with Crippen LogP contribution < -0.4 is 5.43 Å². The Labute approximate surface area is 120 Å². The van der Waals surface area contributed by atoms with Crippen molar-refractivity contribution in [2.45, 2.75) is 19.8 Å². The number of allylic oxidation sites excluding steroid dienone is 1. The number of hydrogen-bond donors (Lipinski definition) is 1. The van der Waals surface area contributed by atoms with Gasteiger partial charge in [-0.2, -0.15) is 0 Å². The molecule has 2 rings (SSSR count). The maximum absolute atomic E-state index is 5.94. The Balaban J connectivity index is 2.06. The first-order chi connectivity index (χ1) is 9.20. The van der Waals surface area contributed by atoms with Gasteiger partial charge in [0.2, 0.25) is 0 Å². The summed E-state index contributed by atoms with van der Waals surface area (Å²) < 4.78 is 5.40. The summed E-state index contributed by atoms with van der Waals surface area (Å²) in [5.41, 5.74) is 7.31. The SMILES string of the molecule is CCOCCCC1=C(c2ccc(Cl)cc2)CN(C)N1. The van der Waals surface area contributed by atoms with E-state index in [9.17, 15) is 0 Å². The average Bonchev–Trinajstić information content (AvgIpc) is 2.77. The van der Waals surface area contributed by atoms with Crippen LogP contribution >= 0.6 is 11.6 Å². The van der Waals surface area contributed by atoms with Crippen molar-refractivity contribution in [1.29, 1.82) is 0 Å². The molecule has 1 heterocycles. The van der Waals surface area contributed by atoms with Crippen molar-refractivity contribution in [3.8, 4) is 0 Å². The molecule has 0 bridgehead atoms. The minimum atomic E-state index is 0.779. The van der Waals surface area contributed by atoms with Crippen molar-refractivity contribution in [1.82, 2.24) is 10.4 Å². The van der Waals surface area contributed by atoms with E-state index in [0.29, 0.717) is 0 Å². The Bertz CT molecular complexity index is 442. The summed E-state index contributed by atoms with van der Waals surface area (Å²) in [6, 6.07) is 8.06. The highest BCUT2D eigenvalue weighted by Gasteiger charge is 2.19. The lowest BCUT2D eigenvalue weighted by atomic mass is 10.0. The zero-order valence-corrected chi connectivity index (χ0v) is 12.3. The molecule has 0 aromatic heterocycles. The highest BCUT2D eigenvalue weighted by molar-refractivity contribution is 6.30. The number of benzene rings is 1. The number of hydrazine groups is 1. The zero-order chi connectivity index (χ0) is 13.7. The largest absolute Gasteiger partial charge is 0.382 e. The summed E-state index contributed by atoms with van der Waals surface area (Å²) in [5, 5.41) is 2.89. The smallest absolute Gasteiger partial charge is 0.0469 e. The van der Waals surface area contributed by atoms with Gasteiger partial charge in [-0.1, -0.05) is 23.7 Å². The molecular formula is C15H21ClN2O. The molecule has 19 heavy (non-hydrogen) atoms. The Morgan fingerprint density at radius 1 is 1.32 bits per heavy atom. The fourth-order valence-electron chi connectivity index (χ4n) is 2.29. The van der Waals surface area contributed by atoms with E-state index in [2.05, 4.69) is 29.6 Å². The van der Waals surface area contributed by atoms with Crippen molar-refractivity contribution in [3.05, 3.63) is 40.5 Å². The van der Waals surface area contributed by atoms with Gasteiger partial charge < -0.3 is 10.2 Å². The first-order valence-electron chi connectivity index (χ1n) is 6.74. The summed E-state index contributed by atoms with van der Waals surface area (Å²) >= 11 is 5.94. The number of nitrogens with zero attached hydrogens (tertiary/aromatic N) is 1. The van der Waals surface area contributed by atoms with Crippen molar-refractivity contribution in [2.24, 2.45) is 0 Å². The second-order valence-electron chi connectivity index (χ2n) is 4.73. The Hall–Kier alpha value is -1.03. The second kappa shape index (κ2) is 6.94. The second-order valence-corrected chi connectivity index (χ2v) is 5.17. The van der Waals surface area contributed by atoms with E-state index in [1.165, 1.54) is 16.8 Å². The van der Waals surface area contributed by atoms with E-state index < -0.39 is 0 Å².